The van der Waals surface area contributed by atoms with E-state index in [0.717, 1.165) is 31.2 Å². The van der Waals surface area contributed by atoms with Crippen molar-refractivity contribution in [1.29, 1.82) is 0 Å². The Hall–Kier alpha value is -2.46. The number of aromatic nitrogens is 1. The highest BCUT2D eigenvalue weighted by molar-refractivity contribution is 7.89. The van der Waals surface area contributed by atoms with Gasteiger partial charge in [0.1, 0.15) is 5.69 Å². The van der Waals surface area contributed by atoms with Gasteiger partial charge in [0.25, 0.3) is 5.91 Å². The zero-order valence-electron chi connectivity index (χ0n) is 14.0. The van der Waals surface area contributed by atoms with Gasteiger partial charge < -0.3 is 5.32 Å². The number of alkyl halides is 3. The predicted molar refractivity (Wildman–Crippen MR) is 91.6 cm³/mol. The molecule has 1 aliphatic heterocycles. The first-order chi connectivity index (χ1) is 12.7. The van der Waals surface area contributed by atoms with Gasteiger partial charge in [0.2, 0.25) is 10.0 Å². The maximum atomic E-state index is 12.5. The number of nitrogens with zero attached hydrogens (tertiary/aromatic N) is 2. The molecule has 0 aliphatic carbocycles. The van der Waals surface area contributed by atoms with Gasteiger partial charge in [0.05, 0.1) is 10.5 Å². The van der Waals surface area contributed by atoms with Crippen LogP contribution in [0.4, 0.5) is 18.9 Å². The standard InChI is InChI=1S/C17H16F3N3O3S/c18-17(19,20)15-8-3-12(11-21-15)16(24)22-13-4-6-14(7-5-13)27(25,26)23-9-1-2-10-23/h3-8,11H,1-2,9-10H2,(H,22,24). The van der Waals surface area contributed by atoms with Crippen LogP contribution < -0.4 is 5.32 Å². The third kappa shape index (κ3) is 4.28. The molecule has 1 aliphatic rings. The Balaban J connectivity index is 1.70. The van der Waals surface area contributed by atoms with Crippen molar-refractivity contribution < 1.29 is 26.4 Å². The van der Waals surface area contributed by atoms with Crippen LogP contribution in [0.25, 0.3) is 0 Å². The number of carbonyl (C=O) groups excluding carboxylic acids is 1. The number of carbonyl (C=O) groups is 1. The van der Waals surface area contributed by atoms with Crippen LogP contribution in [0.3, 0.4) is 0 Å². The molecule has 6 nitrogen and oxygen atoms in total. The van der Waals surface area contributed by atoms with Gasteiger partial charge in [-0.15, -0.1) is 0 Å². The summed E-state index contributed by atoms with van der Waals surface area (Å²) in [6, 6.07) is 7.37. The van der Waals surface area contributed by atoms with Gasteiger partial charge in [0, 0.05) is 25.0 Å². The van der Waals surface area contributed by atoms with E-state index in [9.17, 15) is 26.4 Å². The lowest BCUT2D eigenvalue weighted by molar-refractivity contribution is -0.141. The van der Waals surface area contributed by atoms with Crippen LogP contribution >= 0.6 is 0 Å². The molecular formula is C17H16F3N3O3S. The zero-order valence-corrected chi connectivity index (χ0v) is 14.8. The molecule has 1 amide bonds. The Bertz CT molecular complexity index is 921. The highest BCUT2D eigenvalue weighted by Gasteiger charge is 2.32. The fraction of sp³-hybridized carbons (Fsp3) is 0.294. The molecule has 2 heterocycles. The quantitative estimate of drug-likeness (QED) is 0.857. The fourth-order valence-electron chi connectivity index (χ4n) is 2.69. The van der Waals surface area contributed by atoms with Gasteiger partial charge in [-0.05, 0) is 49.2 Å². The number of pyridine rings is 1. The van der Waals surface area contributed by atoms with Crippen molar-refractivity contribution in [3.8, 4) is 0 Å². The third-order valence-electron chi connectivity index (χ3n) is 4.13. The molecule has 1 aromatic carbocycles. The van der Waals surface area contributed by atoms with E-state index in [2.05, 4.69) is 10.3 Å². The maximum absolute atomic E-state index is 12.5. The lowest BCUT2D eigenvalue weighted by atomic mass is 10.2. The summed E-state index contributed by atoms with van der Waals surface area (Å²) in [6.45, 7) is 0.976. The molecule has 144 valence electrons. The minimum atomic E-state index is -4.58. The predicted octanol–water partition coefficient (Wildman–Crippen LogP) is 3.14. The van der Waals surface area contributed by atoms with Gasteiger partial charge in [-0.25, -0.2) is 8.42 Å². The molecule has 0 bridgehead atoms. The number of anilines is 1. The lowest BCUT2D eigenvalue weighted by Crippen LogP contribution is -2.27. The van der Waals surface area contributed by atoms with Crippen LogP contribution in [-0.4, -0.2) is 36.7 Å². The van der Waals surface area contributed by atoms with Crippen LogP contribution in [0, 0.1) is 0 Å². The van der Waals surface area contributed by atoms with E-state index in [1.165, 1.54) is 28.6 Å². The van der Waals surface area contributed by atoms with Gasteiger partial charge in [-0.2, -0.15) is 17.5 Å². The average molecular weight is 399 g/mol. The first-order valence-electron chi connectivity index (χ1n) is 8.13. The normalized spacial score (nSPS) is 15.7. The van der Waals surface area contributed by atoms with Crippen LogP contribution in [-0.2, 0) is 16.2 Å². The van der Waals surface area contributed by atoms with E-state index in [-0.39, 0.29) is 10.5 Å². The van der Waals surface area contributed by atoms with Gasteiger partial charge in [-0.3, -0.25) is 9.78 Å². The van der Waals surface area contributed by atoms with Crippen LogP contribution in [0.2, 0.25) is 0 Å². The van der Waals surface area contributed by atoms with Crippen molar-refractivity contribution in [2.24, 2.45) is 0 Å². The Kier molecular flexibility index (Phi) is 5.20. The topological polar surface area (TPSA) is 79.4 Å². The van der Waals surface area contributed by atoms with Crippen molar-refractivity contribution in [3.05, 3.63) is 53.9 Å². The first kappa shape index (κ1) is 19.3. The number of rotatable bonds is 4. The van der Waals surface area contributed by atoms with E-state index in [1.807, 2.05) is 0 Å². The minimum Gasteiger partial charge on any atom is -0.322 e. The number of halogens is 3. The van der Waals surface area contributed by atoms with E-state index in [4.69, 9.17) is 0 Å². The second-order valence-electron chi connectivity index (χ2n) is 6.02. The van der Waals surface area contributed by atoms with E-state index in [0.29, 0.717) is 18.8 Å². The highest BCUT2D eigenvalue weighted by Crippen LogP contribution is 2.27. The molecule has 10 heteroatoms. The number of amides is 1. The van der Waals surface area contributed by atoms with E-state index >= 15 is 0 Å². The Morgan fingerprint density at radius 2 is 1.67 bits per heavy atom. The third-order valence-corrected chi connectivity index (χ3v) is 6.04. The summed E-state index contributed by atoms with van der Waals surface area (Å²) in [7, 11) is -3.55. The molecule has 1 aromatic heterocycles. The summed E-state index contributed by atoms with van der Waals surface area (Å²) in [4.78, 5) is 15.5. The summed E-state index contributed by atoms with van der Waals surface area (Å²) in [5.41, 5.74) is -0.812. The molecular weight excluding hydrogens is 383 g/mol. The van der Waals surface area contributed by atoms with Crippen molar-refractivity contribution >= 4 is 21.6 Å². The molecule has 27 heavy (non-hydrogen) atoms. The van der Waals surface area contributed by atoms with Gasteiger partial charge in [0.15, 0.2) is 0 Å². The fourth-order valence-corrected chi connectivity index (χ4v) is 4.20. The van der Waals surface area contributed by atoms with E-state index in [1.54, 1.807) is 0 Å². The molecule has 0 atom stereocenters. The zero-order chi connectivity index (χ0) is 19.7. The van der Waals surface area contributed by atoms with Gasteiger partial charge >= 0.3 is 6.18 Å². The van der Waals surface area contributed by atoms with Gasteiger partial charge in [-0.1, -0.05) is 0 Å². The molecule has 1 N–H and O–H groups in total. The first-order valence-corrected chi connectivity index (χ1v) is 9.57. The lowest BCUT2D eigenvalue weighted by Gasteiger charge is -2.15. The molecule has 0 radical (unpaired) electrons. The molecule has 2 aromatic rings. The number of hydrogen-bond donors (Lipinski definition) is 1. The highest BCUT2D eigenvalue weighted by atomic mass is 32.2. The minimum absolute atomic E-state index is 0.0447. The van der Waals surface area contributed by atoms with Crippen LogP contribution in [0.15, 0.2) is 47.5 Å². The molecule has 0 saturated carbocycles. The maximum Gasteiger partial charge on any atom is 0.433 e. The smallest absolute Gasteiger partial charge is 0.322 e. The number of nitrogens with one attached hydrogen (secondary N) is 1. The van der Waals surface area contributed by atoms with Crippen molar-refractivity contribution in [1.82, 2.24) is 9.29 Å². The van der Waals surface area contributed by atoms with Crippen molar-refractivity contribution in [3.63, 3.8) is 0 Å². The average Bonchev–Trinajstić information content (AvgIpc) is 3.17. The second-order valence-corrected chi connectivity index (χ2v) is 7.96. The van der Waals surface area contributed by atoms with Crippen LogP contribution in [0.5, 0.6) is 0 Å². The van der Waals surface area contributed by atoms with Crippen molar-refractivity contribution in [2.75, 3.05) is 18.4 Å². The SMILES string of the molecule is O=C(Nc1ccc(S(=O)(=O)N2CCCC2)cc1)c1ccc(C(F)(F)F)nc1. The number of hydrogen-bond acceptors (Lipinski definition) is 4. The molecule has 3 rings (SSSR count). The Morgan fingerprint density at radius 3 is 2.19 bits per heavy atom. The number of benzene rings is 1. The summed E-state index contributed by atoms with van der Waals surface area (Å²) in [5, 5.41) is 2.50. The Labute approximate surface area is 154 Å². The number of sulfonamides is 1. The molecule has 1 saturated heterocycles. The summed E-state index contributed by atoms with van der Waals surface area (Å²) in [5.74, 6) is -0.647. The summed E-state index contributed by atoms with van der Waals surface area (Å²) >= 11 is 0. The van der Waals surface area contributed by atoms with Crippen molar-refractivity contribution in [2.45, 2.75) is 23.9 Å². The molecule has 0 unspecified atom stereocenters. The van der Waals surface area contributed by atoms with Crippen LogP contribution in [0.1, 0.15) is 28.9 Å². The summed E-state index contributed by atoms with van der Waals surface area (Å²) < 4.78 is 63.8. The molecule has 1 fully saturated rings. The second kappa shape index (κ2) is 7.28. The largest absolute Gasteiger partial charge is 0.433 e. The Morgan fingerprint density at radius 1 is 1.04 bits per heavy atom. The monoisotopic (exact) mass is 399 g/mol. The summed E-state index contributed by atoms with van der Waals surface area (Å²) in [6.07, 6.45) is -2.08. The van der Waals surface area contributed by atoms with E-state index < -0.39 is 27.8 Å². The molecule has 0 spiro atoms.